The lowest BCUT2D eigenvalue weighted by atomic mass is 10.1. The number of nitrogens with two attached hydrogens (primary N) is 1. The molecule has 0 spiro atoms. The number of rotatable bonds is 35. The molecule has 0 aliphatic rings. The molecule has 0 saturated heterocycles. The van der Waals surface area contributed by atoms with Crippen LogP contribution in [0.5, 0.6) is 0 Å². The molecule has 0 aromatic carbocycles. The number of unbranched alkanes of at least 4 members (excludes halogenated alkanes) is 16. The van der Waals surface area contributed by atoms with Crippen LogP contribution in [0.4, 0.5) is 0 Å². The van der Waals surface area contributed by atoms with Crippen LogP contribution in [0.15, 0.2) is 36.5 Å². The number of phosphoric acid groups is 1. The fourth-order valence-corrected chi connectivity index (χ4v) is 5.59. The molecule has 0 amide bonds. The largest absolute Gasteiger partial charge is 0.472 e. The van der Waals surface area contributed by atoms with Gasteiger partial charge in [-0.15, -0.1) is 0 Å². The molecule has 0 saturated carbocycles. The molecule has 0 aromatic rings. The first-order chi connectivity index (χ1) is 22.4. The molecule has 2 atom stereocenters. The van der Waals surface area contributed by atoms with E-state index in [2.05, 4.69) is 50.3 Å². The van der Waals surface area contributed by atoms with Crippen molar-refractivity contribution in [1.82, 2.24) is 0 Å². The van der Waals surface area contributed by atoms with Crippen molar-refractivity contribution in [2.24, 2.45) is 5.73 Å². The summed E-state index contributed by atoms with van der Waals surface area (Å²) in [6, 6.07) is 0. The van der Waals surface area contributed by atoms with Crippen molar-refractivity contribution in [3.05, 3.63) is 36.5 Å². The molecule has 270 valence electrons. The first-order valence-electron chi connectivity index (χ1n) is 18.5. The van der Waals surface area contributed by atoms with Crippen molar-refractivity contribution in [3.8, 4) is 0 Å². The Morgan fingerprint density at radius 1 is 0.652 bits per heavy atom. The highest BCUT2D eigenvalue weighted by atomic mass is 31.2. The van der Waals surface area contributed by atoms with Crippen molar-refractivity contribution in [1.29, 1.82) is 0 Å². The van der Waals surface area contributed by atoms with E-state index in [1.54, 1.807) is 0 Å². The number of ether oxygens (including phenoxy) is 2. The highest BCUT2D eigenvalue weighted by molar-refractivity contribution is 7.47. The molecule has 0 fully saturated rings. The van der Waals surface area contributed by atoms with E-state index in [0.717, 1.165) is 57.8 Å². The normalized spacial score (nSPS) is 14.1. The Labute approximate surface area is 282 Å². The summed E-state index contributed by atoms with van der Waals surface area (Å²) in [7, 11) is -4.26. The summed E-state index contributed by atoms with van der Waals surface area (Å²) in [5.74, 6) is -0.347. The summed E-state index contributed by atoms with van der Waals surface area (Å²) in [6.45, 7) is 4.83. The van der Waals surface area contributed by atoms with Gasteiger partial charge in [-0.1, -0.05) is 134 Å². The highest BCUT2D eigenvalue weighted by Crippen LogP contribution is 2.43. The van der Waals surface area contributed by atoms with Crippen LogP contribution in [0.2, 0.25) is 0 Å². The van der Waals surface area contributed by atoms with E-state index in [1.807, 2.05) is 0 Å². The van der Waals surface area contributed by atoms with E-state index < -0.39 is 13.9 Å². The molecule has 3 N–H and O–H groups in total. The van der Waals surface area contributed by atoms with Crippen LogP contribution in [0.25, 0.3) is 0 Å². The number of hydrogen-bond donors (Lipinski definition) is 2. The fourth-order valence-electron chi connectivity index (χ4n) is 4.82. The van der Waals surface area contributed by atoms with Gasteiger partial charge in [0.25, 0.3) is 0 Å². The fraction of sp³-hybridized carbons (Fsp3) is 0.811. The minimum absolute atomic E-state index is 0.0976. The zero-order chi connectivity index (χ0) is 33.8. The van der Waals surface area contributed by atoms with Crippen molar-refractivity contribution >= 4 is 13.8 Å². The molecule has 0 aromatic heterocycles. The summed E-state index contributed by atoms with van der Waals surface area (Å²) >= 11 is 0. The minimum atomic E-state index is -4.26. The van der Waals surface area contributed by atoms with E-state index in [4.69, 9.17) is 24.3 Å². The third-order valence-electron chi connectivity index (χ3n) is 7.56. The standard InChI is InChI=1S/C37H70NO7P/c1-3-5-7-9-11-12-13-14-15-16-17-18-19-20-21-22-23-24-25-26-28-30-37(39)45-36(35-44-46(40,41)43-33-31-38)34-42-32-29-27-10-8-6-4-2/h13-14,16-17,19-20,36H,3-12,15,18,21-35,38H2,1-2H3,(H,40,41)/b14-13-,17-16-,20-19-. The highest BCUT2D eigenvalue weighted by Gasteiger charge is 2.25. The zero-order valence-corrected chi connectivity index (χ0v) is 30.4. The van der Waals surface area contributed by atoms with Gasteiger partial charge in [0.2, 0.25) is 0 Å². The van der Waals surface area contributed by atoms with Gasteiger partial charge in [0.05, 0.1) is 19.8 Å². The Hall–Kier alpha value is -1.28. The van der Waals surface area contributed by atoms with Crippen LogP contribution >= 0.6 is 7.82 Å². The number of hydrogen-bond acceptors (Lipinski definition) is 7. The Kier molecular flexibility index (Phi) is 34.1. The van der Waals surface area contributed by atoms with E-state index in [0.29, 0.717) is 13.0 Å². The summed E-state index contributed by atoms with van der Waals surface area (Å²) in [5, 5.41) is 0. The monoisotopic (exact) mass is 671 g/mol. The average Bonchev–Trinajstić information content (AvgIpc) is 3.04. The maximum Gasteiger partial charge on any atom is 0.472 e. The summed E-state index contributed by atoms with van der Waals surface area (Å²) in [5.41, 5.74) is 5.33. The van der Waals surface area contributed by atoms with Gasteiger partial charge >= 0.3 is 13.8 Å². The lowest BCUT2D eigenvalue weighted by Crippen LogP contribution is -2.28. The van der Waals surface area contributed by atoms with E-state index in [1.165, 1.54) is 77.0 Å². The Morgan fingerprint density at radius 3 is 1.72 bits per heavy atom. The predicted molar refractivity (Wildman–Crippen MR) is 192 cm³/mol. The van der Waals surface area contributed by atoms with Gasteiger partial charge in [-0.3, -0.25) is 13.8 Å². The zero-order valence-electron chi connectivity index (χ0n) is 29.6. The Balaban J connectivity index is 4.00. The molecule has 2 unspecified atom stereocenters. The SMILES string of the molecule is CCCCCCC/C=C\C/C=C\C/C=C\CCCCCCCCC(=O)OC(COCCCCCCCC)COP(=O)(O)OCCN. The molecule has 0 rings (SSSR count). The van der Waals surface area contributed by atoms with Crippen LogP contribution < -0.4 is 5.73 Å². The molecule has 0 heterocycles. The van der Waals surface area contributed by atoms with Crippen LogP contribution in [0.3, 0.4) is 0 Å². The molecule has 46 heavy (non-hydrogen) atoms. The Morgan fingerprint density at radius 2 is 1.15 bits per heavy atom. The van der Waals surface area contributed by atoms with Crippen molar-refractivity contribution in [3.63, 3.8) is 0 Å². The van der Waals surface area contributed by atoms with E-state index >= 15 is 0 Å². The molecule has 9 heteroatoms. The molecule has 0 aliphatic heterocycles. The maximum atomic E-state index is 12.5. The molecular weight excluding hydrogens is 601 g/mol. The smallest absolute Gasteiger partial charge is 0.457 e. The molecule has 0 bridgehead atoms. The predicted octanol–water partition coefficient (Wildman–Crippen LogP) is 10.3. The molecule has 0 radical (unpaired) electrons. The first-order valence-corrected chi connectivity index (χ1v) is 20.0. The van der Waals surface area contributed by atoms with Gasteiger partial charge in [0, 0.05) is 19.6 Å². The molecule has 8 nitrogen and oxygen atoms in total. The van der Waals surface area contributed by atoms with Crippen LogP contribution in [-0.4, -0.2) is 49.9 Å². The van der Waals surface area contributed by atoms with Crippen LogP contribution in [-0.2, 0) is 27.9 Å². The number of allylic oxidation sites excluding steroid dienone is 6. The van der Waals surface area contributed by atoms with Gasteiger partial charge in [-0.05, 0) is 51.4 Å². The van der Waals surface area contributed by atoms with E-state index in [-0.39, 0.29) is 32.3 Å². The number of esters is 1. The second-order valence-electron chi connectivity index (χ2n) is 12.1. The lowest BCUT2D eigenvalue weighted by Gasteiger charge is -2.20. The topological polar surface area (TPSA) is 117 Å². The average molecular weight is 672 g/mol. The first kappa shape index (κ1) is 44.7. The third kappa shape index (κ3) is 34.1. The summed E-state index contributed by atoms with van der Waals surface area (Å²) in [4.78, 5) is 22.3. The lowest BCUT2D eigenvalue weighted by molar-refractivity contribution is -0.154. The van der Waals surface area contributed by atoms with Crippen LogP contribution in [0.1, 0.15) is 155 Å². The van der Waals surface area contributed by atoms with Crippen molar-refractivity contribution in [2.75, 3.05) is 33.0 Å². The minimum Gasteiger partial charge on any atom is -0.457 e. The van der Waals surface area contributed by atoms with Gasteiger partial charge in [0.1, 0.15) is 6.10 Å². The van der Waals surface area contributed by atoms with Gasteiger partial charge in [-0.2, -0.15) is 0 Å². The number of carbonyl (C=O) groups excluding carboxylic acids is 1. The van der Waals surface area contributed by atoms with Gasteiger partial charge in [0.15, 0.2) is 0 Å². The summed E-state index contributed by atoms with van der Waals surface area (Å²) in [6.07, 6.45) is 37.5. The van der Waals surface area contributed by atoms with Crippen molar-refractivity contribution < 1.29 is 32.8 Å². The van der Waals surface area contributed by atoms with E-state index in [9.17, 15) is 14.3 Å². The number of carbonyl (C=O) groups is 1. The second kappa shape index (κ2) is 35.0. The third-order valence-corrected chi connectivity index (χ3v) is 8.54. The summed E-state index contributed by atoms with van der Waals surface area (Å²) < 4.78 is 33.0. The molecule has 0 aliphatic carbocycles. The second-order valence-corrected chi connectivity index (χ2v) is 13.5. The maximum absolute atomic E-state index is 12.5. The Bertz CT molecular complexity index is 803. The van der Waals surface area contributed by atoms with Crippen molar-refractivity contribution in [2.45, 2.75) is 161 Å². The number of phosphoric ester groups is 1. The molecular formula is C37H70NO7P. The van der Waals surface area contributed by atoms with Gasteiger partial charge < -0.3 is 20.1 Å². The van der Waals surface area contributed by atoms with Crippen LogP contribution in [0, 0.1) is 0 Å². The quantitative estimate of drug-likeness (QED) is 0.0296. The van der Waals surface area contributed by atoms with Gasteiger partial charge in [-0.25, -0.2) is 4.57 Å².